The summed E-state index contributed by atoms with van der Waals surface area (Å²) in [7, 11) is 0. The van der Waals surface area contributed by atoms with Crippen LogP contribution in [0.2, 0.25) is 0 Å². The van der Waals surface area contributed by atoms with E-state index in [2.05, 4.69) is 4.98 Å². The van der Waals surface area contributed by atoms with E-state index in [4.69, 9.17) is 10.2 Å². The third-order valence-corrected chi connectivity index (χ3v) is 2.46. The van der Waals surface area contributed by atoms with Gasteiger partial charge in [0.15, 0.2) is 0 Å². The molecule has 0 aromatic carbocycles. The second-order valence-corrected chi connectivity index (χ2v) is 4.21. The molecule has 6 nitrogen and oxygen atoms in total. The number of aliphatic carboxylic acids is 2. The van der Waals surface area contributed by atoms with Crippen LogP contribution in [0.4, 0.5) is 5.82 Å². The summed E-state index contributed by atoms with van der Waals surface area (Å²) in [6.07, 6.45) is 1.62. The molecule has 0 aliphatic rings. The lowest BCUT2D eigenvalue weighted by molar-refractivity contribution is -0.141. The smallest absolute Gasteiger partial charge is 0.323 e. The van der Waals surface area contributed by atoms with Crippen LogP contribution in [-0.2, 0) is 9.59 Å². The Bertz CT molecular complexity index is 430. The minimum absolute atomic E-state index is 0.109. The molecule has 1 unspecified atom stereocenters. The quantitative estimate of drug-likeness (QED) is 0.785. The zero-order valence-corrected chi connectivity index (χ0v) is 10.3. The predicted octanol–water partition coefficient (Wildman–Crippen LogP) is 1.00. The van der Waals surface area contributed by atoms with Gasteiger partial charge in [-0.2, -0.15) is 0 Å². The largest absolute Gasteiger partial charge is 0.481 e. The standard InChI is InChI=1S/C12H16N2O4/c1-8-3-4-10(13-5-8)14(7-11(15)16)6-9(2)12(17)18/h3-5,9H,6-7H2,1-2H3,(H,15,16)(H,17,18). The SMILES string of the molecule is Cc1ccc(N(CC(=O)O)CC(C)C(=O)O)nc1. The third-order valence-electron chi connectivity index (χ3n) is 2.46. The number of aromatic nitrogens is 1. The van der Waals surface area contributed by atoms with Crippen LogP contribution in [0.25, 0.3) is 0 Å². The van der Waals surface area contributed by atoms with Gasteiger partial charge in [-0.15, -0.1) is 0 Å². The Labute approximate surface area is 105 Å². The number of hydrogen-bond acceptors (Lipinski definition) is 4. The van der Waals surface area contributed by atoms with Crippen LogP contribution >= 0.6 is 0 Å². The van der Waals surface area contributed by atoms with Crippen molar-refractivity contribution in [3.05, 3.63) is 23.9 Å². The van der Waals surface area contributed by atoms with Gasteiger partial charge in [-0.3, -0.25) is 9.59 Å². The van der Waals surface area contributed by atoms with E-state index >= 15 is 0 Å². The highest BCUT2D eigenvalue weighted by atomic mass is 16.4. The zero-order chi connectivity index (χ0) is 13.7. The average molecular weight is 252 g/mol. The predicted molar refractivity (Wildman–Crippen MR) is 65.6 cm³/mol. The van der Waals surface area contributed by atoms with Crippen molar-refractivity contribution in [1.82, 2.24) is 4.98 Å². The van der Waals surface area contributed by atoms with E-state index in [1.165, 1.54) is 11.8 Å². The first-order valence-corrected chi connectivity index (χ1v) is 5.52. The molecule has 0 fully saturated rings. The molecule has 18 heavy (non-hydrogen) atoms. The molecular formula is C12H16N2O4. The Morgan fingerprint density at radius 2 is 2.06 bits per heavy atom. The first kappa shape index (κ1) is 14.0. The molecule has 1 atom stereocenters. The van der Waals surface area contributed by atoms with Gasteiger partial charge in [0.2, 0.25) is 0 Å². The van der Waals surface area contributed by atoms with E-state index in [9.17, 15) is 9.59 Å². The number of carboxylic acid groups (broad SMARTS) is 2. The zero-order valence-electron chi connectivity index (χ0n) is 10.3. The van der Waals surface area contributed by atoms with Crippen LogP contribution in [0.15, 0.2) is 18.3 Å². The van der Waals surface area contributed by atoms with Gasteiger partial charge < -0.3 is 15.1 Å². The maximum absolute atomic E-state index is 10.8. The fraction of sp³-hybridized carbons (Fsp3) is 0.417. The highest BCUT2D eigenvalue weighted by Gasteiger charge is 2.19. The van der Waals surface area contributed by atoms with Crippen molar-refractivity contribution in [3.63, 3.8) is 0 Å². The molecule has 0 radical (unpaired) electrons. The molecule has 0 saturated carbocycles. The molecule has 1 rings (SSSR count). The Balaban J connectivity index is 2.87. The normalized spacial score (nSPS) is 11.9. The van der Waals surface area contributed by atoms with Crippen LogP contribution in [0.1, 0.15) is 12.5 Å². The number of carbonyl (C=O) groups is 2. The molecule has 0 amide bonds. The highest BCUT2D eigenvalue weighted by Crippen LogP contribution is 2.13. The molecule has 0 spiro atoms. The van der Waals surface area contributed by atoms with Gasteiger partial charge in [-0.05, 0) is 18.6 Å². The van der Waals surface area contributed by atoms with E-state index < -0.39 is 17.9 Å². The van der Waals surface area contributed by atoms with Gasteiger partial charge >= 0.3 is 11.9 Å². The number of hydrogen-bond donors (Lipinski definition) is 2. The van der Waals surface area contributed by atoms with Gasteiger partial charge in [0.05, 0.1) is 5.92 Å². The molecule has 1 aromatic heterocycles. The first-order chi connectivity index (χ1) is 8.40. The minimum Gasteiger partial charge on any atom is -0.481 e. The van der Waals surface area contributed by atoms with Crippen LogP contribution in [-0.4, -0.2) is 40.2 Å². The summed E-state index contributed by atoms with van der Waals surface area (Å²) in [6.45, 7) is 3.24. The van der Waals surface area contributed by atoms with Gasteiger partial charge in [-0.1, -0.05) is 13.0 Å². The number of anilines is 1. The number of carboxylic acids is 2. The lowest BCUT2D eigenvalue weighted by Gasteiger charge is -2.23. The molecule has 1 heterocycles. The lowest BCUT2D eigenvalue weighted by Crippen LogP contribution is -2.36. The third kappa shape index (κ3) is 4.04. The van der Waals surface area contributed by atoms with Crippen molar-refractivity contribution in [2.75, 3.05) is 18.0 Å². The maximum Gasteiger partial charge on any atom is 0.323 e. The van der Waals surface area contributed by atoms with Crippen molar-refractivity contribution >= 4 is 17.8 Å². The van der Waals surface area contributed by atoms with Crippen LogP contribution in [0.5, 0.6) is 0 Å². The van der Waals surface area contributed by atoms with E-state index in [1.807, 2.05) is 13.0 Å². The fourth-order valence-corrected chi connectivity index (χ4v) is 1.46. The molecule has 0 aliphatic carbocycles. The highest BCUT2D eigenvalue weighted by molar-refractivity contribution is 5.74. The Kier molecular flexibility index (Phi) is 4.65. The van der Waals surface area contributed by atoms with Gasteiger partial charge in [0.25, 0.3) is 0 Å². The Morgan fingerprint density at radius 3 is 2.50 bits per heavy atom. The van der Waals surface area contributed by atoms with Crippen molar-refractivity contribution in [2.45, 2.75) is 13.8 Å². The van der Waals surface area contributed by atoms with Crippen molar-refractivity contribution in [1.29, 1.82) is 0 Å². The monoisotopic (exact) mass is 252 g/mol. The van der Waals surface area contributed by atoms with E-state index in [0.717, 1.165) is 5.56 Å². The van der Waals surface area contributed by atoms with E-state index in [-0.39, 0.29) is 13.1 Å². The van der Waals surface area contributed by atoms with Crippen LogP contribution < -0.4 is 4.90 Å². The molecule has 0 saturated heterocycles. The lowest BCUT2D eigenvalue weighted by atomic mass is 10.1. The molecule has 6 heteroatoms. The summed E-state index contributed by atoms with van der Waals surface area (Å²) in [6, 6.07) is 3.50. The average Bonchev–Trinajstić information content (AvgIpc) is 2.28. The van der Waals surface area contributed by atoms with Crippen molar-refractivity contribution in [3.8, 4) is 0 Å². The van der Waals surface area contributed by atoms with Crippen LogP contribution in [0, 0.1) is 12.8 Å². The van der Waals surface area contributed by atoms with E-state index in [0.29, 0.717) is 5.82 Å². The van der Waals surface area contributed by atoms with Gasteiger partial charge in [0, 0.05) is 12.7 Å². The molecule has 0 aliphatic heterocycles. The summed E-state index contributed by atoms with van der Waals surface area (Å²) >= 11 is 0. The molecule has 0 bridgehead atoms. The minimum atomic E-state index is -1.02. The fourth-order valence-electron chi connectivity index (χ4n) is 1.46. The number of pyridine rings is 1. The number of nitrogens with zero attached hydrogens (tertiary/aromatic N) is 2. The second-order valence-electron chi connectivity index (χ2n) is 4.21. The summed E-state index contributed by atoms with van der Waals surface area (Å²) in [4.78, 5) is 27.2. The van der Waals surface area contributed by atoms with E-state index in [1.54, 1.807) is 12.3 Å². The Morgan fingerprint density at radius 1 is 1.39 bits per heavy atom. The summed E-state index contributed by atoms with van der Waals surface area (Å²) in [5, 5.41) is 17.7. The maximum atomic E-state index is 10.8. The van der Waals surface area contributed by atoms with Crippen LogP contribution in [0.3, 0.4) is 0 Å². The molecular weight excluding hydrogens is 236 g/mol. The first-order valence-electron chi connectivity index (χ1n) is 5.52. The second kappa shape index (κ2) is 6.00. The van der Waals surface area contributed by atoms with Crippen molar-refractivity contribution < 1.29 is 19.8 Å². The molecule has 98 valence electrons. The van der Waals surface area contributed by atoms with Gasteiger partial charge in [0.1, 0.15) is 12.4 Å². The molecule has 2 N–H and O–H groups in total. The number of rotatable bonds is 6. The summed E-state index contributed by atoms with van der Waals surface area (Å²) in [5.41, 5.74) is 0.959. The van der Waals surface area contributed by atoms with Crippen molar-refractivity contribution in [2.24, 2.45) is 5.92 Å². The van der Waals surface area contributed by atoms with Gasteiger partial charge in [-0.25, -0.2) is 4.98 Å². The summed E-state index contributed by atoms with van der Waals surface area (Å²) < 4.78 is 0. The summed E-state index contributed by atoms with van der Waals surface area (Å²) in [5.74, 6) is -2.17. The number of aryl methyl sites for hydroxylation is 1. The molecule has 1 aromatic rings. The topological polar surface area (TPSA) is 90.7 Å². The Hall–Kier alpha value is -2.11.